The molecule has 0 bridgehead atoms. The number of nitrogens with zero attached hydrogens (tertiary/aromatic N) is 1. The van der Waals surface area contributed by atoms with Gasteiger partial charge in [0.1, 0.15) is 0 Å². The van der Waals surface area contributed by atoms with Crippen molar-refractivity contribution in [2.45, 2.75) is 32.4 Å². The molecule has 0 atom stereocenters. The second kappa shape index (κ2) is 7.26. The Morgan fingerprint density at radius 2 is 1.89 bits per heavy atom. The summed E-state index contributed by atoms with van der Waals surface area (Å²) in [5.41, 5.74) is 7.89. The molecular weight excluding hydrogens is 238 g/mol. The molecule has 4 heteroatoms. The topological polar surface area (TPSA) is 58.4 Å². The van der Waals surface area contributed by atoms with Gasteiger partial charge in [-0.25, -0.2) is 0 Å². The van der Waals surface area contributed by atoms with E-state index >= 15 is 0 Å². The van der Waals surface area contributed by atoms with Gasteiger partial charge in [0.05, 0.1) is 0 Å². The molecule has 19 heavy (non-hydrogen) atoms. The molecular formula is C15H23N3O. The molecule has 0 spiro atoms. The molecule has 0 radical (unpaired) electrons. The van der Waals surface area contributed by atoms with Gasteiger partial charge in [-0.3, -0.25) is 4.79 Å². The lowest BCUT2D eigenvalue weighted by molar-refractivity contribution is -0.121. The highest BCUT2D eigenvalue weighted by Crippen LogP contribution is 2.09. The summed E-state index contributed by atoms with van der Waals surface area (Å²) in [6, 6.07) is 7.97. The Morgan fingerprint density at radius 1 is 1.21 bits per heavy atom. The van der Waals surface area contributed by atoms with Gasteiger partial charge in [0.2, 0.25) is 5.91 Å². The molecule has 104 valence electrons. The number of amides is 1. The number of hydrogen-bond acceptors (Lipinski definition) is 3. The smallest absolute Gasteiger partial charge is 0.221 e. The van der Waals surface area contributed by atoms with Crippen LogP contribution < -0.4 is 11.1 Å². The molecule has 2 rings (SSSR count). The van der Waals surface area contributed by atoms with Crippen LogP contribution in [0.25, 0.3) is 0 Å². The number of likely N-dealkylation sites (tertiary alicyclic amines) is 1. The molecule has 1 aliphatic rings. The second-order valence-electron chi connectivity index (χ2n) is 5.05. The third-order valence-corrected chi connectivity index (χ3v) is 3.67. The summed E-state index contributed by atoms with van der Waals surface area (Å²) in [6.45, 7) is 4.25. The number of rotatable bonds is 6. The van der Waals surface area contributed by atoms with Crippen LogP contribution in [0.2, 0.25) is 0 Å². The van der Waals surface area contributed by atoms with Gasteiger partial charge >= 0.3 is 0 Å². The molecule has 1 fully saturated rings. The molecule has 0 unspecified atom stereocenters. The molecule has 1 heterocycles. The van der Waals surface area contributed by atoms with Crippen molar-refractivity contribution in [3.8, 4) is 0 Å². The van der Waals surface area contributed by atoms with Crippen LogP contribution in [0.5, 0.6) is 0 Å². The van der Waals surface area contributed by atoms with E-state index in [0.717, 1.165) is 30.8 Å². The van der Waals surface area contributed by atoms with E-state index in [4.69, 9.17) is 5.73 Å². The van der Waals surface area contributed by atoms with Gasteiger partial charge < -0.3 is 16.0 Å². The Bertz CT molecular complexity index is 414. The van der Waals surface area contributed by atoms with Gasteiger partial charge in [0, 0.05) is 26.1 Å². The quantitative estimate of drug-likeness (QED) is 0.810. The summed E-state index contributed by atoms with van der Waals surface area (Å²) in [5, 5.41) is 2.98. The number of carbonyl (C=O) groups is 1. The summed E-state index contributed by atoms with van der Waals surface area (Å²) < 4.78 is 0. The maximum Gasteiger partial charge on any atom is 0.221 e. The van der Waals surface area contributed by atoms with E-state index in [9.17, 15) is 4.79 Å². The summed E-state index contributed by atoms with van der Waals surface area (Å²) in [6.07, 6.45) is 3.13. The Labute approximate surface area is 115 Å². The SMILES string of the molecule is NCc1ccccc1CNC(=O)CCN1CCCC1. The van der Waals surface area contributed by atoms with Gasteiger partial charge in [-0.05, 0) is 37.1 Å². The summed E-state index contributed by atoms with van der Waals surface area (Å²) in [4.78, 5) is 14.2. The molecule has 4 nitrogen and oxygen atoms in total. The predicted molar refractivity (Wildman–Crippen MR) is 76.5 cm³/mol. The normalized spacial score (nSPS) is 15.6. The van der Waals surface area contributed by atoms with Crippen LogP contribution in [0.4, 0.5) is 0 Å². The van der Waals surface area contributed by atoms with Gasteiger partial charge in [0.15, 0.2) is 0 Å². The van der Waals surface area contributed by atoms with Crippen LogP contribution in [0, 0.1) is 0 Å². The van der Waals surface area contributed by atoms with E-state index in [1.54, 1.807) is 0 Å². The van der Waals surface area contributed by atoms with Crippen molar-refractivity contribution in [2.75, 3.05) is 19.6 Å². The minimum absolute atomic E-state index is 0.124. The average molecular weight is 261 g/mol. The fraction of sp³-hybridized carbons (Fsp3) is 0.533. The highest BCUT2D eigenvalue weighted by Gasteiger charge is 2.12. The first-order valence-electron chi connectivity index (χ1n) is 7.05. The molecule has 1 amide bonds. The van der Waals surface area contributed by atoms with Gasteiger partial charge in [-0.15, -0.1) is 0 Å². The first-order chi connectivity index (χ1) is 9.29. The monoisotopic (exact) mass is 261 g/mol. The first-order valence-corrected chi connectivity index (χ1v) is 7.05. The minimum Gasteiger partial charge on any atom is -0.352 e. The van der Waals surface area contributed by atoms with Crippen molar-refractivity contribution < 1.29 is 4.79 Å². The van der Waals surface area contributed by atoms with Crippen LogP contribution in [0.15, 0.2) is 24.3 Å². The van der Waals surface area contributed by atoms with Crippen LogP contribution in [0.1, 0.15) is 30.4 Å². The highest BCUT2D eigenvalue weighted by molar-refractivity contribution is 5.76. The van der Waals surface area contributed by atoms with E-state index in [0.29, 0.717) is 19.5 Å². The molecule has 0 aliphatic carbocycles. The van der Waals surface area contributed by atoms with Crippen molar-refractivity contribution in [1.82, 2.24) is 10.2 Å². The van der Waals surface area contributed by atoms with E-state index in [1.807, 2.05) is 24.3 Å². The molecule has 1 aliphatic heterocycles. The average Bonchev–Trinajstić information content (AvgIpc) is 2.96. The maximum absolute atomic E-state index is 11.8. The lowest BCUT2D eigenvalue weighted by Gasteiger charge is -2.14. The standard InChI is InChI=1S/C15H23N3O/c16-11-13-5-1-2-6-14(13)12-17-15(19)7-10-18-8-3-4-9-18/h1-2,5-6H,3-4,7-12,16H2,(H,17,19). The lowest BCUT2D eigenvalue weighted by Crippen LogP contribution is -2.29. The Morgan fingerprint density at radius 3 is 2.58 bits per heavy atom. The van der Waals surface area contributed by atoms with Gasteiger partial charge in [0.25, 0.3) is 0 Å². The third-order valence-electron chi connectivity index (χ3n) is 3.67. The zero-order valence-electron chi connectivity index (χ0n) is 11.4. The Hall–Kier alpha value is -1.39. The number of hydrogen-bond donors (Lipinski definition) is 2. The van der Waals surface area contributed by atoms with Crippen molar-refractivity contribution >= 4 is 5.91 Å². The fourth-order valence-electron chi connectivity index (χ4n) is 2.48. The van der Waals surface area contributed by atoms with Crippen molar-refractivity contribution in [3.63, 3.8) is 0 Å². The van der Waals surface area contributed by atoms with E-state index in [1.165, 1.54) is 12.8 Å². The zero-order chi connectivity index (χ0) is 13.5. The number of nitrogens with one attached hydrogen (secondary N) is 1. The van der Waals surface area contributed by atoms with Crippen LogP contribution in [-0.4, -0.2) is 30.4 Å². The predicted octanol–water partition coefficient (Wildman–Crippen LogP) is 1.25. The molecule has 0 saturated carbocycles. The van der Waals surface area contributed by atoms with Gasteiger partial charge in [-0.2, -0.15) is 0 Å². The summed E-state index contributed by atoms with van der Waals surface area (Å²) in [5.74, 6) is 0.124. The Kier molecular flexibility index (Phi) is 5.36. The zero-order valence-corrected chi connectivity index (χ0v) is 11.4. The minimum atomic E-state index is 0.124. The molecule has 3 N–H and O–H groups in total. The third kappa shape index (κ3) is 4.33. The summed E-state index contributed by atoms with van der Waals surface area (Å²) in [7, 11) is 0. The number of benzene rings is 1. The molecule has 0 aromatic heterocycles. The van der Waals surface area contributed by atoms with Crippen molar-refractivity contribution in [1.29, 1.82) is 0 Å². The number of nitrogens with two attached hydrogens (primary N) is 1. The molecule has 1 aromatic rings. The van der Waals surface area contributed by atoms with Crippen LogP contribution in [-0.2, 0) is 17.9 Å². The van der Waals surface area contributed by atoms with Crippen LogP contribution >= 0.6 is 0 Å². The highest BCUT2D eigenvalue weighted by atomic mass is 16.1. The first kappa shape index (κ1) is 14.0. The maximum atomic E-state index is 11.8. The van der Waals surface area contributed by atoms with Crippen molar-refractivity contribution in [2.24, 2.45) is 5.73 Å². The molecule has 1 aromatic carbocycles. The molecule has 1 saturated heterocycles. The summed E-state index contributed by atoms with van der Waals surface area (Å²) >= 11 is 0. The fourth-order valence-corrected chi connectivity index (χ4v) is 2.48. The van der Waals surface area contributed by atoms with E-state index < -0.39 is 0 Å². The van der Waals surface area contributed by atoms with Gasteiger partial charge in [-0.1, -0.05) is 24.3 Å². The Balaban J connectivity index is 1.73. The number of carbonyl (C=O) groups excluding carboxylic acids is 1. The van der Waals surface area contributed by atoms with E-state index in [2.05, 4.69) is 10.2 Å². The van der Waals surface area contributed by atoms with Crippen LogP contribution in [0.3, 0.4) is 0 Å². The van der Waals surface area contributed by atoms with Crippen molar-refractivity contribution in [3.05, 3.63) is 35.4 Å². The lowest BCUT2D eigenvalue weighted by atomic mass is 10.1. The largest absolute Gasteiger partial charge is 0.352 e. The van der Waals surface area contributed by atoms with E-state index in [-0.39, 0.29) is 5.91 Å². The second-order valence-corrected chi connectivity index (χ2v) is 5.05.